The number of carbonyl (C=O) groups is 1. The van der Waals surface area contributed by atoms with E-state index < -0.39 is 0 Å². The highest BCUT2D eigenvalue weighted by Crippen LogP contribution is 2.23. The van der Waals surface area contributed by atoms with Gasteiger partial charge in [-0.3, -0.25) is 4.79 Å². The average Bonchev–Trinajstić information content (AvgIpc) is 3.13. The van der Waals surface area contributed by atoms with Crippen LogP contribution in [0.4, 0.5) is 0 Å². The Morgan fingerprint density at radius 1 is 1.15 bits per heavy atom. The number of rotatable bonds is 7. The molecule has 0 aliphatic carbocycles. The molecule has 1 N–H and O–H groups in total. The van der Waals surface area contributed by atoms with Gasteiger partial charge in [0.25, 0.3) is 0 Å². The van der Waals surface area contributed by atoms with Crippen molar-refractivity contribution in [3.05, 3.63) is 65.2 Å². The number of aromatic nitrogens is 4. The smallest absolute Gasteiger partial charge is 0.233 e. The molecule has 1 atom stereocenters. The van der Waals surface area contributed by atoms with Crippen molar-refractivity contribution in [2.45, 2.75) is 37.6 Å². The zero-order valence-corrected chi connectivity index (χ0v) is 16.5. The molecular weight excluding hydrogens is 358 g/mol. The summed E-state index contributed by atoms with van der Waals surface area (Å²) in [6, 6.07) is 16.2. The number of carbonyl (C=O) groups excluding carboxylic acids is 1. The Labute approximate surface area is 163 Å². The van der Waals surface area contributed by atoms with E-state index in [0.717, 1.165) is 12.1 Å². The van der Waals surface area contributed by atoms with Gasteiger partial charge in [-0.15, -0.1) is 5.10 Å². The fourth-order valence-corrected chi connectivity index (χ4v) is 3.43. The van der Waals surface area contributed by atoms with Gasteiger partial charge in [-0.05, 0) is 66.4 Å². The van der Waals surface area contributed by atoms with Crippen molar-refractivity contribution in [3.8, 4) is 5.69 Å². The molecule has 140 valence electrons. The number of amides is 1. The molecular formula is C20H23N5OS. The second-order valence-corrected chi connectivity index (χ2v) is 7.74. The van der Waals surface area contributed by atoms with Crippen LogP contribution in [0, 0.1) is 13.8 Å². The maximum absolute atomic E-state index is 12.4. The van der Waals surface area contributed by atoms with Gasteiger partial charge in [0.1, 0.15) is 0 Å². The number of hydrogen-bond acceptors (Lipinski definition) is 5. The third-order valence-corrected chi connectivity index (χ3v) is 5.42. The number of nitrogens with one attached hydrogen (secondary N) is 1. The molecule has 0 spiro atoms. The van der Waals surface area contributed by atoms with Crippen LogP contribution in [-0.2, 0) is 11.2 Å². The number of benzene rings is 2. The molecule has 1 heterocycles. The van der Waals surface area contributed by atoms with Gasteiger partial charge in [0.15, 0.2) is 0 Å². The van der Waals surface area contributed by atoms with Crippen LogP contribution in [0.5, 0.6) is 0 Å². The van der Waals surface area contributed by atoms with Crippen molar-refractivity contribution < 1.29 is 4.79 Å². The SMILES string of the molecule is Cc1ccc(-n2nnnc2SC(C)C(=O)NCCc2ccccc2)cc1C. The van der Waals surface area contributed by atoms with E-state index in [1.165, 1.54) is 28.5 Å². The Hall–Kier alpha value is -2.67. The summed E-state index contributed by atoms with van der Waals surface area (Å²) in [7, 11) is 0. The lowest BCUT2D eigenvalue weighted by Crippen LogP contribution is -2.32. The first-order valence-electron chi connectivity index (χ1n) is 8.89. The molecule has 27 heavy (non-hydrogen) atoms. The van der Waals surface area contributed by atoms with Crippen LogP contribution in [0.1, 0.15) is 23.6 Å². The minimum Gasteiger partial charge on any atom is -0.355 e. The highest BCUT2D eigenvalue weighted by Gasteiger charge is 2.19. The Morgan fingerprint density at radius 2 is 1.93 bits per heavy atom. The minimum absolute atomic E-state index is 0.0226. The topological polar surface area (TPSA) is 72.7 Å². The molecule has 7 heteroatoms. The highest BCUT2D eigenvalue weighted by atomic mass is 32.2. The molecule has 0 radical (unpaired) electrons. The summed E-state index contributed by atoms with van der Waals surface area (Å²) in [6.45, 7) is 6.59. The van der Waals surface area contributed by atoms with Crippen molar-refractivity contribution in [1.82, 2.24) is 25.5 Å². The Bertz CT molecular complexity index is 910. The molecule has 1 amide bonds. The Kier molecular flexibility index (Phi) is 6.24. The number of hydrogen-bond donors (Lipinski definition) is 1. The quantitative estimate of drug-likeness (QED) is 0.637. The number of aryl methyl sites for hydroxylation is 2. The monoisotopic (exact) mass is 381 g/mol. The van der Waals surface area contributed by atoms with E-state index in [2.05, 4.69) is 46.8 Å². The van der Waals surface area contributed by atoms with Crippen molar-refractivity contribution in [1.29, 1.82) is 0 Å². The molecule has 0 bridgehead atoms. The summed E-state index contributed by atoms with van der Waals surface area (Å²) < 4.78 is 1.67. The fraction of sp³-hybridized carbons (Fsp3) is 0.300. The van der Waals surface area contributed by atoms with Crippen molar-refractivity contribution in [2.75, 3.05) is 6.54 Å². The number of nitrogens with zero attached hydrogens (tertiary/aromatic N) is 4. The minimum atomic E-state index is -0.294. The predicted octanol–water partition coefficient (Wildman–Crippen LogP) is 3.12. The van der Waals surface area contributed by atoms with Gasteiger partial charge < -0.3 is 5.32 Å². The predicted molar refractivity (Wildman–Crippen MR) is 107 cm³/mol. The lowest BCUT2D eigenvalue weighted by molar-refractivity contribution is -0.120. The number of thioether (sulfide) groups is 1. The van der Waals surface area contributed by atoms with Crippen LogP contribution in [-0.4, -0.2) is 37.9 Å². The van der Waals surface area contributed by atoms with Crippen molar-refractivity contribution in [3.63, 3.8) is 0 Å². The van der Waals surface area contributed by atoms with Crippen LogP contribution >= 0.6 is 11.8 Å². The first-order valence-corrected chi connectivity index (χ1v) is 9.77. The van der Waals surface area contributed by atoms with Gasteiger partial charge in [0.05, 0.1) is 10.9 Å². The summed E-state index contributed by atoms with van der Waals surface area (Å²) >= 11 is 1.35. The normalized spacial score (nSPS) is 12.0. The molecule has 0 saturated heterocycles. The van der Waals surface area contributed by atoms with Crippen LogP contribution in [0.25, 0.3) is 5.69 Å². The lowest BCUT2D eigenvalue weighted by atomic mass is 10.1. The van der Waals surface area contributed by atoms with Gasteiger partial charge in [-0.2, -0.15) is 4.68 Å². The van der Waals surface area contributed by atoms with Gasteiger partial charge in [0, 0.05) is 6.54 Å². The van der Waals surface area contributed by atoms with Crippen LogP contribution in [0.2, 0.25) is 0 Å². The zero-order chi connectivity index (χ0) is 19.2. The van der Waals surface area contributed by atoms with E-state index in [0.29, 0.717) is 11.7 Å². The Balaban J connectivity index is 1.59. The largest absolute Gasteiger partial charge is 0.355 e. The molecule has 0 aliphatic rings. The molecule has 0 fully saturated rings. The summed E-state index contributed by atoms with van der Waals surface area (Å²) in [6.07, 6.45) is 0.810. The van der Waals surface area contributed by atoms with Gasteiger partial charge in [-0.25, -0.2) is 0 Å². The average molecular weight is 382 g/mol. The van der Waals surface area contributed by atoms with Crippen molar-refractivity contribution >= 4 is 17.7 Å². The molecule has 1 unspecified atom stereocenters. The van der Waals surface area contributed by atoms with Gasteiger partial charge in [0.2, 0.25) is 11.1 Å². The van der Waals surface area contributed by atoms with E-state index in [9.17, 15) is 4.79 Å². The van der Waals surface area contributed by atoms with E-state index in [4.69, 9.17) is 0 Å². The second-order valence-electron chi connectivity index (χ2n) is 6.43. The van der Waals surface area contributed by atoms with Crippen LogP contribution in [0.3, 0.4) is 0 Å². The first kappa shape index (κ1) is 19.1. The molecule has 6 nitrogen and oxygen atoms in total. The maximum atomic E-state index is 12.4. The molecule has 3 rings (SSSR count). The zero-order valence-electron chi connectivity index (χ0n) is 15.7. The lowest BCUT2D eigenvalue weighted by Gasteiger charge is -2.12. The Morgan fingerprint density at radius 3 is 2.67 bits per heavy atom. The van der Waals surface area contributed by atoms with Gasteiger partial charge >= 0.3 is 0 Å². The fourth-order valence-electron chi connectivity index (χ4n) is 2.60. The summed E-state index contributed by atoms with van der Waals surface area (Å²) in [5.41, 5.74) is 4.48. The second kappa shape index (κ2) is 8.81. The van der Waals surface area contributed by atoms with E-state index in [-0.39, 0.29) is 11.2 Å². The third-order valence-electron chi connectivity index (χ3n) is 4.38. The van der Waals surface area contributed by atoms with Crippen LogP contribution < -0.4 is 5.32 Å². The summed E-state index contributed by atoms with van der Waals surface area (Å²) in [5, 5.41) is 15.2. The highest BCUT2D eigenvalue weighted by molar-refractivity contribution is 8.00. The third kappa shape index (κ3) is 4.95. The van der Waals surface area contributed by atoms with E-state index >= 15 is 0 Å². The van der Waals surface area contributed by atoms with Crippen LogP contribution in [0.15, 0.2) is 53.7 Å². The van der Waals surface area contributed by atoms with Crippen molar-refractivity contribution in [2.24, 2.45) is 0 Å². The molecule has 3 aromatic rings. The molecule has 2 aromatic carbocycles. The van der Waals surface area contributed by atoms with E-state index in [1.807, 2.05) is 43.3 Å². The van der Waals surface area contributed by atoms with Gasteiger partial charge in [-0.1, -0.05) is 48.2 Å². The first-order chi connectivity index (χ1) is 13.0. The maximum Gasteiger partial charge on any atom is 0.233 e. The molecule has 0 aliphatic heterocycles. The summed E-state index contributed by atoms with van der Waals surface area (Å²) in [5.74, 6) is -0.0226. The molecule has 0 saturated carbocycles. The van der Waals surface area contributed by atoms with E-state index in [1.54, 1.807) is 4.68 Å². The summed E-state index contributed by atoms with van der Waals surface area (Å²) in [4.78, 5) is 12.4. The molecule has 1 aromatic heterocycles. The number of tetrazole rings is 1. The standard InChI is InChI=1S/C20H23N5OS/c1-14-9-10-18(13-15(14)2)25-20(22-23-24-25)27-16(3)19(26)21-12-11-17-7-5-4-6-8-17/h4-10,13,16H,11-12H2,1-3H3,(H,21,26).